The highest BCUT2D eigenvalue weighted by molar-refractivity contribution is 7.22. The number of fused-ring (bicyclic) bond motifs is 1. The monoisotopic (exact) mass is 326 g/mol. The van der Waals surface area contributed by atoms with E-state index in [1.807, 2.05) is 60.5 Å². The predicted octanol–water partition coefficient (Wildman–Crippen LogP) is 3.17. The van der Waals surface area contributed by atoms with Gasteiger partial charge in [0.15, 0.2) is 0 Å². The Morgan fingerprint density at radius 1 is 1.22 bits per heavy atom. The molecule has 0 aliphatic carbocycles. The second-order valence-electron chi connectivity index (χ2n) is 5.09. The summed E-state index contributed by atoms with van der Waals surface area (Å²) in [6.07, 6.45) is 1.77. The minimum absolute atomic E-state index is 0.145. The normalized spacial score (nSPS) is 11.2. The van der Waals surface area contributed by atoms with Gasteiger partial charge in [0.25, 0.3) is 0 Å². The van der Waals surface area contributed by atoms with Crippen LogP contribution in [0.25, 0.3) is 10.2 Å². The Balaban J connectivity index is 1.63. The van der Waals surface area contributed by atoms with E-state index >= 15 is 0 Å². The van der Waals surface area contributed by atoms with Gasteiger partial charge in [-0.25, -0.2) is 4.98 Å². The minimum Gasteiger partial charge on any atom is -0.395 e. The number of para-hydroxylation sites is 1. The summed E-state index contributed by atoms with van der Waals surface area (Å²) in [6, 6.07) is 16.0. The van der Waals surface area contributed by atoms with E-state index in [-0.39, 0.29) is 6.61 Å². The van der Waals surface area contributed by atoms with E-state index in [2.05, 4.69) is 15.5 Å². The van der Waals surface area contributed by atoms with E-state index in [1.54, 1.807) is 17.6 Å². The van der Waals surface area contributed by atoms with Crippen LogP contribution in [-0.4, -0.2) is 36.5 Å². The number of hydrogen-bond donors (Lipinski definition) is 2. The van der Waals surface area contributed by atoms with Gasteiger partial charge < -0.3 is 10.0 Å². The number of likely N-dealkylation sites (N-methyl/N-ethyl adjacent to an activating group) is 1. The molecular formula is C17H18N4OS. The van der Waals surface area contributed by atoms with E-state index in [0.29, 0.717) is 6.54 Å². The van der Waals surface area contributed by atoms with Crippen molar-refractivity contribution >= 4 is 38.6 Å². The van der Waals surface area contributed by atoms with Crippen molar-refractivity contribution < 1.29 is 5.11 Å². The molecule has 118 valence electrons. The van der Waals surface area contributed by atoms with Crippen molar-refractivity contribution in [2.45, 2.75) is 0 Å². The van der Waals surface area contributed by atoms with E-state index in [4.69, 9.17) is 5.11 Å². The van der Waals surface area contributed by atoms with Crippen molar-refractivity contribution in [1.29, 1.82) is 0 Å². The highest BCUT2D eigenvalue weighted by Gasteiger charge is 2.01. The summed E-state index contributed by atoms with van der Waals surface area (Å²) in [5, 5.41) is 14.0. The number of benzene rings is 2. The number of rotatable bonds is 6. The number of hydrogen-bond acceptors (Lipinski definition) is 6. The molecule has 3 rings (SSSR count). The van der Waals surface area contributed by atoms with Crippen molar-refractivity contribution in [3.05, 3.63) is 54.1 Å². The van der Waals surface area contributed by atoms with Gasteiger partial charge in [-0.15, -0.1) is 0 Å². The van der Waals surface area contributed by atoms with Crippen LogP contribution in [0, 0.1) is 0 Å². The first-order valence-corrected chi connectivity index (χ1v) is 8.14. The van der Waals surface area contributed by atoms with Crippen molar-refractivity contribution in [3.8, 4) is 0 Å². The lowest BCUT2D eigenvalue weighted by Crippen LogP contribution is -2.20. The smallest absolute Gasteiger partial charge is 0.204 e. The molecule has 0 amide bonds. The highest BCUT2D eigenvalue weighted by Crippen LogP contribution is 2.25. The van der Waals surface area contributed by atoms with Crippen molar-refractivity contribution in [1.82, 2.24) is 4.98 Å². The Bertz CT molecular complexity index is 765. The van der Waals surface area contributed by atoms with Crippen LogP contribution in [0.15, 0.2) is 53.6 Å². The molecule has 0 atom stereocenters. The summed E-state index contributed by atoms with van der Waals surface area (Å²) in [6.45, 7) is 0.762. The third kappa shape index (κ3) is 3.85. The summed E-state index contributed by atoms with van der Waals surface area (Å²) in [5.41, 5.74) is 6.02. The fourth-order valence-corrected chi connectivity index (χ4v) is 2.99. The van der Waals surface area contributed by atoms with Gasteiger partial charge in [0, 0.05) is 19.3 Å². The minimum atomic E-state index is 0.145. The molecule has 6 heteroatoms. The fraction of sp³-hybridized carbons (Fsp3) is 0.176. The quantitative estimate of drug-likeness (QED) is 0.539. The maximum Gasteiger partial charge on any atom is 0.204 e. The van der Waals surface area contributed by atoms with E-state index < -0.39 is 0 Å². The standard InChI is InChI=1S/C17H18N4OS/c1-21(10-11-22)14-8-6-13(7-9-14)12-18-20-17-19-15-4-2-3-5-16(15)23-17/h2-9,12,22H,10-11H2,1H3,(H,19,20). The van der Waals surface area contributed by atoms with E-state index in [9.17, 15) is 0 Å². The maximum atomic E-state index is 8.95. The van der Waals surface area contributed by atoms with Crippen molar-refractivity contribution in [3.63, 3.8) is 0 Å². The summed E-state index contributed by atoms with van der Waals surface area (Å²) in [5.74, 6) is 0. The fourth-order valence-electron chi connectivity index (χ4n) is 2.18. The highest BCUT2D eigenvalue weighted by atomic mass is 32.1. The summed E-state index contributed by atoms with van der Waals surface area (Å²) >= 11 is 1.58. The molecule has 1 heterocycles. The Hall–Kier alpha value is -2.44. The molecule has 0 fully saturated rings. The number of anilines is 2. The number of aliphatic hydroxyl groups is 1. The van der Waals surface area contributed by atoms with Crippen LogP contribution < -0.4 is 10.3 Å². The third-order valence-electron chi connectivity index (χ3n) is 3.44. The van der Waals surface area contributed by atoms with Gasteiger partial charge in [-0.1, -0.05) is 35.6 Å². The van der Waals surface area contributed by atoms with Gasteiger partial charge in [0.1, 0.15) is 0 Å². The molecule has 3 aromatic rings. The second-order valence-corrected chi connectivity index (χ2v) is 6.12. The van der Waals surface area contributed by atoms with Crippen LogP contribution in [0.3, 0.4) is 0 Å². The summed E-state index contributed by atoms with van der Waals surface area (Å²) in [4.78, 5) is 6.47. The Labute approximate surface area is 138 Å². The number of aromatic nitrogens is 1. The molecule has 0 aliphatic heterocycles. The lowest BCUT2D eigenvalue weighted by molar-refractivity contribution is 0.304. The molecule has 0 saturated heterocycles. The molecule has 0 radical (unpaired) electrons. The van der Waals surface area contributed by atoms with Gasteiger partial charge in [0.05, 0.1) is 23.0 Å². The molecule has 0 aliphatic rings. The zero-order valence-corrected chi connectivity index (χ0v) is 13.6. The molecule has 2 N–H and O–H groups in total. The van der Waals surface area contributed by atoms with Crippen molar-refractivity contribution in [2.75, 3.05) is 30.5 Å². The second kappa shape index (κ2) is 7.21. The number of aliphatic hydroxyl groups excluding tert-OH is 1. The van der Waals surface area contributed by atoms with Crippen LogP contribution in [0.2, 0.25) is 0 Å². The Morgan fingerprint density at radius 2 is 2.00 bits per heavy atom. The molecule has 23 heavy (non-hydrogen) atoms. The number of hydrazone groups is 1. The average molecular weight is 326 g/mol. The molecule has 1 aromatic heterocycles. The molecule has 0 unspecified atom stereocenters. The van der Waals surface area contributed by atoms with E-state index in [0.717, 1.165) is 26.6 Å². The largest absolute Gasteiger partial charge is 0.395 e. The first-order valence-electron chi connectivity index (χ1n) is 7.33. The van der Waals surface area contributed by atoms with Crippen LogP contribution >= 0.6 is 11.3 Å². The molecule has 2 aromatic carbocycles. The van der Waals surface area contributed by atoms with Crippen LogP contribution in [-0.2, 0) is 0 Å². The first-order chi connectivity index (χ1) is 11.3. The van der Waals surface area contributed by atoms with Gasteiger partial charge in [-0.3, -0.25) is 5.43 Å². The average Bonchev–Trinajstić information content (AvgIpc) is 2.98. The topological polar surface area (TPSA) is 60.8 Å². The van der Waals surface area contributed by atoms with Gasteiger partial charge in [-0.2, -0.15) is 5.10 Å². The molecule has 5 nitrogen and oxygen atoms in total. The van der Waals surface area contributed by atoms with Crippen LogP contribution in [0.4, 0.5) is 10.8 Å². The van der Waals surface area contributed by atoms with Gasteiger partial charge in [0.2, 0.25) is 5.13 Å². The molecule has 0 bridgehead atoms. The molecule has 0 spiro atoms. The lowest BCUT2D eigenvalue weighted by Gasteiger charge is -2.17. The zero-order valence-electron chi connectivity index (χ0n) is 12.8. The van der Waals surface area contributed by atoms with Gasteiger partial charge in [-0.05, 0) is 29.8 Å². The molecular weight excluding hydrogens is 308 g/mol. The Morgan fingerprint density at radius 3 is 2.74 bits per heavy atom. The zero-order chi connectivity index (χ0) is 16.1. The summed E-state index contributed by atoms with van der Waals surface area (Å²) in [7, 11) is 1.95. The predicted molar refractivity (Wildman–Crippen MR) is 97.6 cm³/mol. The first kappa shape index (κ1) is 15.5. The van der Waals surface area contributed by atoms with Crippen LogP contribution in [0.1, 0.15) is 5.56 Å². The number of nitrogens with one attached hydrogen (secondary N) is 1. The summed E-state index contributed by atoms with van der Waals surface area (Å²) < 4.78 is 1.14. The third-order valence-corrected chi connectivity index (χ3v) is 4.38. The van der Waals surface area contributed by atoms with E-state index in [1.165, 1.54) is 0 Å². The van der Waals surface area contributed by atoms with Crippen molar-refractivity contribution in [2.24, 2.45) is 5.10 Å². The van der Waals surface area contributed by atoms with Crippen LogP contribution in [0.5, 0.6) is 0 Å². The number of thiazole rings is 1. The molecule has 0 saturated carbocycles. The lowest BCUT2D eigenvalue weighted by atomic mass is 10.2. The number of nitrogens with zero attached hydrogens (tertiary/aromatic N) is 3. The van der Waals surface area contributed by atoms with Gasteiger partial charge >= 0.3 is 0 Å². The Kier molecular flexibility index (Phi) is 4.85. The maximum absolute atomic E-state index is 8.95. The SMILES string of the molecule is CN(CCO)c1ccc(C=NNc2nc3ccccc3s2)cc1.